The molecule has 0 aliphatic carbocycles. The molecule has 2 aromatic rings. The Morgan fingerprint density at radius 1 is 1.43 bits per heavy atom. The van der Waals surface area contributed by atoms with Crippen LogP contribution in [0.4, 0.5) is 11.4 Å². The topological polar surface area (TPSA) is 140 Å². The van der Waals surface area contributed by atoms with Crippen LogP contribution < -0.4 is 16.0 Å². The van der Waals surface area contributed by atoms with Gasteiger partial charge in [0.25, 0.3) is 5.69 Å². The highest BCUT2D eigenvalue weighted by Gasteiger charge is 2.26. The van der Waals surface area contributed by atoms with Crippen molar-refractivity contribution in [2.75, 3.05) is 5.43 Å². The number of benzene rings is 1. The van der Waals surface area contributed by atoms with E-state index in [9.17, 15) is 18.5 Å². The van der Waals surface area contributed by atoms with Gasteiger partial charge in [0.2, 0.25) is 10.0 Å². The number of hydrogen-bond donors (Lipinski definition) is 3. The molecule has 21 heavy (non-hydrogen) atoms. The highest BCUT2D eigenvalue weighted by atomic mass is 32.2. The zero-order chi connectivity index (χ0) is 15.5. The van der Waals surface area contributed by atoms with Crippen LogP contribution in [0.5, 0.6) is 0 Å². The summed E-state index contributed by atoms with van der Waals surface area (Å²) >= 11 is 1.27. The maximum atomic E-state index is 12.2. The summed E-state index contributed by atoms with van der Waals surface area (Å²) < 4.78 is 26.7. The minimum absolute atomic E-state index is 0.0442. The van der Waals surface area contributed by atoms with Gasteiger partial charge in [-0.05, 0) is 12.1 Å². The lowest BCUT2D eigenvalue weighted by Crippen LogP contribution is -2.24. The molecule has 2 rings (SSSR count). The fraction of sp³-hybridized carbons (Fsp3) is 0.100. The average Bonchev–Trinajstić information content (AvgIpc) is 2.98. The molecule has 0 bridgehead atoms. The van der Waals surface area contributed by atoms with Gasteiger partial charge in [-0.1, -0.05) is 0 Å². The van der Waals surface area contributed by atoms with Gasteiger partial charge in [0.1, 0.15) is 5.01 Å². The second kappa shape index (κ2) is 6.13. The molecule has 0 saturated carbocycles. The minimum atomic E-state index is -4.07. The molecule has 0 aliphatic rings. The Labute approximate surface area is 124 Å². The molecule has 0 atom stereocenters. The lowest BCUT2D eigenvalue weighted by Gasteiger charge is -2.08. The summed E-state index contributed by atoms with van der Waals surface area (Å²) in [6.45, 7) is -0.0442. The predicted octanol–water partition coefficient (Wildman–Crippen LogP) is 0.815. The maximum Gasteiger partial charge on any atom is 0.289 e. The largest absolute Gasteiger partial charge is 0.324 e. The van der Waals surface area contributed by atoms with Crippen LogP contribution in [0.15, 0.2) is 34.7 Å². The van der Waals surface area contributed by atoms with Crippen LogP contribution in [-0.4, -0.2) is 18.3 Å². The highest BCUT2D eigenvalue weighted by molar-refractivity contribution is 7.89. The van der Waals surface area contributed by atoms with E-state index in [0.29, 0.717) is 5.01 Å². The summed E-state index contributed by atoms with van der Waals surface area (Å²) in [5.41, 5.74) is 1.97. The number of aromatic nitrogens is 1. The predicted molar refractivity (Wildman–Crippen MR) is 77.0 cm³/mol. The molecule has 9 nitrogen and oxygen atoms in total. The van der Waals surface area contributed by atoms with Gasteiger partial charge in [0.15, 0.2) is 4.90 Å². The fourth-order valence-corrected chi connectivity index (χ4v) is 3.37. The van der Waals surface area contributed by atoms with E-state index >= 15 is 0 Å². The summed E-state index contributed by atoms with van der Waals surface area (Å²) in [7, 11) is -4.07. The van der Waals surface area contributed by atoms with Gasteiger partial charge in [-0.15, -0.1) is 11.3 Å². The van der Waals surface area contributed by atoms with Crippen LogP contribution in [0.1, 0.15) is 5.01 Å². The molecule has 0 amide bonds. The Morgan fingerprint density at radius 3 is 2.76 bits per heavy atom. The van der Waals surface area contributed by atoms with Crippen molar-refractivity contribution in [2.24, 2.45) is 5.84 Å². The van der Waals surface area contributed by atoms with E-state index in [1.165, 1.54) is 23.6 Å². The first-order valence-electron chi connectivity index (χ1n) is 5.57. The second-order valence-corrected chi connectivity index (χ2v) is 6.55. The highest BCUT2D eigenvalue weighted by Crippen LogP contribution is 2.26. The molecule has 0 aliphatic heterocycles. The monoisotopic (exact) mass is 329 g/mol. The van der Waals surface area contributed by atoms with Gasteiger partial charge < -0.3 is 5.43 Å². The number of nitro benzene ring substituents is 1. The number of nitrogens with one attached hydrogen (secondary N) is 2. The minimum Gasteiger partial charge on any atom is -0.324 e. The third kappa shape index (κ3) is 3.52. The molecule has 1 aromatic carbocycles. The van der Waals surface area contributed by atoms with Crippen LogP contribution >= 0.6 is 11.3 Å². The number of anilines is 1. The van der Waals surface area contributed by atoms with E-state index in [4.69, 9.17) is 5.84 Å². The Morgan fingerprint density at radius 2 is 2.19 bits per heavy atom. The van der Waals surface area contributed by atoms with E-state index in [1.54, 1.807) is 5.38 Å². The number of nitrogens with zero attached hydrogens (tertiary/aromatic N) is 2. The van der Waals surface area contributed by atoms with Gasteiger partial charge in [0.05, 0.1) is 17.2 Å². The Kier molecular flexibility index (Phi) is 4.47. The van der Waals surface area contributed by atoms with Crippen LogP contribution in [-0.2, 0) is 16.6 Å². The van der Waals surface area contributed by atoms with Crippen molar-refractivity contribution in [3.8, 4) is 0 Å². The van der Waals surface area contributed by atoms with Gasteiger partial charge in [-0.25, -0.2) is 18.1 Å². The lowest BCUT2D eigenvalue weighted by molar-refractivity contribution is -0.387. The molecular weight excluding hydrogens is 318 g/mol. The van der Waals surface area contributed by atoms with Crippen molar-refractivity contribution >= 4 is 32.7 Å². The van der Waals surface area contributed by atoms with Crippen molar-refractivity contribution in [3.05, 3.63) is 44.9 Å². The molecule has 0 saturated heterocycles. The summed E-state index contributed by atoms with van der Waals surface area (Å²) in [5, 5.41) is 13.2. The Bertz CT molecular complexity index is 745. The van der Waals surface area contributed by atoms with Gasteiger partial charge in [-0.2, -0.15) is 0 Å². The number of hydrogen-bond acceptors (Lipinski definition) is 8. The summed E-state index contributed by atoms with van der Waals surface area (Å²) in [5.74, 6) is 5.20. The van der Waals surface area contributed by atoms with Crippen LogP contribution in [0.3, 0.4) is 0 Å². The van der Waals surface area contributed by atoms with E-state index in [2.05, 4.69) is 15.1 Å². The standard InChI is InChI=1S/C10H11N5O4S2/c11-14-7-1-2-8(15(16)17)9(5-7)21(18,19)13-6-10-12-3-4-20-10/h1-5,13-14H,6,11H2. The van der Waals surface area contributed by atoms with Crippen LogP contribution in [0.2, 0.25) is 0 Å². The first kappa shape index (κ1) is 15.3. The van der Waals surface area contributed by atoms with Crippen molar-refractivity contribution in [3.63, 3.8) is 0 Å². The lowest BCUT2D eigenvalue weighted by atomic mass is 10.3. The zero-order valence-corrected chi connectivity index (χ0v) is 12.1. The molecule has 11 heteroatoms. The van der Waals surface area contributed by atoms with Gasteiger partial charge in [-0.3, -0.25) is 16.0 Å². The zero-order valence-electron chi connectivity index (χ0n) is 10.5. The molecule has 0 fully saturated rings. The van der Waals surface area contributed by atoms with E-state index in [1.807, 2.05) is 0 Å². The number of sulfonamides is 1. The normalized spacial score (nSPS) is 11.3. The molecule has 0 radical (unpaired) electrons. The third-order valence-corrected chi connectivity index (χ3v) is 4.72. The molecule has 1 heterocycles. The summed E-state index contributed by atoms with van der Waals surface area (Å²) in [6, 6.07) is 3.49. The SMILES string of the molecule is NNc1ccc([N+](=O)[O-])c(S(=O)(=O)NCc2nccs2)c1. The van der Waals surface area contributed by atoms with Gasteiger partial charge >= 0.3 is 0 Å². The number of nitrogens with two attached hydrogens (primary N) is 1. The molecule has 4 N–H and O–H groups in total. The van der Waals surface area contributed by atoms with Crippen molar-refractivity contribution in [2.45, 2.75) is 11.4 Å². The van der Waals surface area contributed by atoms with Crippen molar-refractivity contribution < 1.29 is 13.3 Å². The van der Waals surface area contributed by atoms with E-state index in [0.717, 1.165) is 12.1 Å². The number of thiazole rings is 1. The average molecular weight is 329 g/mol. The summed E-state index contributed by atoms with van der Waals surface area (Å²) in [4.78, 5) is 13.7. The van der Waals surface area contributed by atoms with Gasteiger partial charge in [0, 0.05) is 17.6 Å². The smallest absolute Gasteiger partial charge is 0.289 e. The Balaban J connectivity index is 2.35. The fourth-order valence-electron chi connectivity index (χ4n) is 1.54. The summed E-state index contributed by atoms with van der Waals surface area (Å²) in [6.07, 6.45) is 1.54. The van der Waals surface area contributed by atoms with E-state index < -0.39 is 25.5 Å². The molecule has 0 unspecified atom stereocenters. The Hall–Kier alpha value is -2.08. The third-order valence-electron chi connectivity index (χ3n) is 2.51. The second-order valence-electron chi connectivity index (χ2n) is 3.83. The van der Waals surface area contributed by atoms with Crippen molar-refractivity contribution in [1.82, 2.24) is 9.71 Å². The number of nitro groups is 1. The molecular formula is C10H11N5O4S2. The maximum absolute atomic E-state index is 12.2. The quantitative estimate of drug-likeness (QED) is 0.404. The van der Waals surface area contributed by atoms with E-state index in [-0.39, 0.29) is 12.2 Å². The molecule has 0 spiro atoms. The number of hydrazine groups is 1. The van der Waals surface area contributed by atoms with Crippen LogP contribution in [0, 0.1) is 10.1 Å². The number of nitrogen functional groups attached to an aromatic ring is 1. The first-order chi connectivity index (χ1) is 9.94. The first-order valence-corrected chi connectivity index (χ1v) is 7.93. The van der Waals surface area contributed by atoms with Crippen LogP contribution in [0.25, 0.3) is 0 Å². The molecule has 1 aromatic heterocycles. The molecule has 112 valence electrons. The number of rotatable bonds is 6. The van der Waals surface area contributed by atoms with Crippen molar-refractivity contribution in [1.29, 1.82) is 0 Å².